The highest BCUT2D eigenvalue weighted by Crippen LogP contribution is 2.13. The van der Waals surface area contributed by atoms with Crippen LogP contribution in [0.4, 0.5) is 5.13 Å². The van der Waals surface area contributed by atoms with Gasteiger partial charge in [-0.05, 0) is 17.7 Å². The predicted octanol–water partition coefficient (Wildman–Crippen LogP) is 2.45. The molecule has 0 atom stereocenters. The van der Waals surface area contributed by atoms with Crippen LogP contribution in [0.3, 0.4) is 0 Å². The van der Waals surface area contributed by atoms with Crippen LogP contribution < -0.4 is 5.32 Å². The molecule has 0 aliphatic carbocycles. The van der Waals surface area contributed by atoms with E-state index in [-0.39, 0.29) is 0 Å². The molecule has 0 saturated carbocycles. The van der Waals surface area contributed by atoms with E-state index < -0.39 is 5.97 Å². The minimum absolute atomic E-state index is 0.304. The maximum Gasteiger partial charge on any atom is 0.335 e. The van der Waals surface area contributed by atoms with E-state index in [2.05, 4.69) is 10.3 Å². The second-order valence-corrected chi connectivity index (χ2v) is 4.09. The summed E-state index contributed by atoms with van der Waals surface area (Å²) in [5.74, 6) is -0.906. The molecule has 0 aliphatic rings. The van der Waals surface area contributed by atoms with E-state index in [0.29, 0.717) is 12.1 Å². The number of aromatic carboxylic acids is 1. The zero-order valence-corrected chi connectivity index (χ0v) is 9.20. The van der Waals surface area contributed by atoms with Crippen molar-refractivity contribution in [1.82, 2.24) is 4.98 Å². The number of carboxylic acids is 1. The summed E-state index contributed by atoms with van der Waals surface area (Å²) in [4.78, 5) is 14.8. The zero-order valence-electron chi connectivity index (χ0n) is 8.38. The number of carbonyl (C=O) groups is 1. The summed E-state index contributed by atoms with van der Waals surface area (Å²) in [5, 5.41) is 14.7. The fourth-order valence-corrected chi connectivity index (χ4v) is 1.83. The normalized spacial score (nSPS) is 10.0. The highest BCUT2D eigenvalue weighted by molar-refractivity contribution is 7.13. The SMILES string of the molecule is O=C(O)c1cccc(CNc2nccs2)c1. The van der Waals surface area contributed by atoms with Crippen LogP contribution >= 0.6 is 11.3 Å². The summed E-state index contributed by atoms with van der Waals surface area (Å²) in [5.41, 5.74) is 1.23. The fourth-order valence-electron chi connectivity index (χ4n) is 1.30. The Hall–Kier alpha value is -1.88. The Kier molecular flexibility index (Phi) is 3.16. The third kappa shape index (κ3) is 2.58. The number of benzene rings is 1. The largest absolute Gasteiger partial charge is 0.478 e. The van der Waals surface area contributed by atoms with Crippen LogP contribution in [-0.2, 0) is 6.54 Å². The topological polar surface area (TPSA) is 62.2 Å². The number of aromatic nitrogens is 1. The molecule has 0 spiro atoms. The number of rotatable bonds is 4. The van der Waals surface area contributed by atoms with Gasteiger partial charge >= 0.3 is 5.97 Å². The summed E-state index contributed by atoms with van der Waals surface area (Å²) in [6.45, 7) is 0.578. The first-order chi connectivity index (χ1) is 7.75. The van der Waals surface area contributed by atoms with Crippen molar-refractivity contribution >= 4 is 22.4 Å². The summed E-state index contributed by atoms with van der Waals surface area (Å²) in [6, 6.07) is 6.85. The smallest absolute Gasteiger partial charge is 0.335 e. The van der Waals surface area contributed by atoms with Crippen molar-refractivity contribution in [2.45, 2.75) is 6.54 Å². The fraction of sp³-hybridized carbons (Fsp3) is 0.0909. The van der Waals surface area contributed by atoms with Crippen LogP contribution in [0.1, 0.15) is 15.9 Å². The number of carboxylic acid groups (broad SMARTS) is 1. The predicted molar refractivity (Wildman–Crippen MR) is 62.8 cm³/mol. The van der Waals surface area contributed by atoms with Crippen molar-refractivity contribution in [1.29, 1.82) is 0 Å². The van der Waals surface area contributed by atoms with Crippen molar-refractivity contribution in [3.8, 4) is 0 Å². The molecular formula is C11H10N2O2S. The van der Waals surface area contributed by atoms with Gasteiger partial charge in [0, 0.05) is 18.1 Å². The molecule has 1 aromatic carbocycles. The molecule has 0 aliphatic heterocycles. The number of thiazole rings is 1. The second-order valence-electron chi connectivity index (χ2n) is 3.20. The molecule has 4 nitrogen and oxygen atoms in total. The van der Waals surface area contributed by atoms with Crippen LogP contribution in [-0.4, -0.2) is 16.1 Å². The van der Waals surface area contributed by atoms with Gasteiger partial charge in [0.1, 0.15) is 0 Å². The van der Waals surface area contributed by atoms with Crippen LogP contribution in [0.25, 0.3) is 0 Å². The maximum absolute atomic E-state index is 10.8. The average Bonchev–Trinajstić information content (AvgIpc) is 2.79. The molecule has 5 heteroatoms. The van der Waals surface area contributed by atoms with Gasteiger partial charge in [0.2, 0.25) is 0 Å². The van der Waals surface area contributed by atoms with Crippen molar-refractivity contribution in [3.63, 3.8) is 0 Å². The Labute approximate surface area is 96.6 Å². The highest BCUT2D eigenvalue weighted by Gasteiger charge is 2.03. The molecule has 0 saturated heterocycles. The quantitative estimate of drug-likeness (QED) is 0.853. The lowest BCUT2D eigenvalue weighted by Crippen LogP contribution is -2.01. The van der Waals surface area contributed by atoms with Gasteiger partial charge in [0.25, 0.3) is 0 Å². The van der Waals surface area contributed by atoms with Gasteiger partial charge in [-0.1, -0.05) is 12.1 Å². The standard InChI is InChI=1S/C11H10N2O2S/c14-10(15)9-3-1-2-8(6-9)7-13-11-12-4-5-16-11/h1-6H,7H2,(H,12,13)(H,14,15). The Bertz CT molecular complexity index is 482. The van der Waals surface area contributed by atoms with Crippen LogP contribution in [0.2, 0.25) is 0 Å². The second kappa shape index (κ2) is 4.76. The van der Waals surface area contributed by atoms with E-state index >= 15 is 0 Å². The minimum Gasteiger partial charge on any atom is -0.478 e. The monoisotopic (exact) mass is 234 g/mol. The molecular weight excluding hydrogens is 224 g/mol. The average molecular weight is 234 g/mol. The van der Waals surface area contributed by atoms with Gasteiger partial charge in [0.05, 0.1) is 5.56 Å². The van der Waals surface area contributed by atoms with Crippen molar-refractivity contribution in [2.75, 3.05) is 5.32 Å². The number of nitrogens with one attached hydrogen (secondary N) is 1. The molecule has 1 aromatic heterocycles. The van der Waals surface area contributed by atoms with Crippen LogP contribution in [0, 0.1) is 0 Å². The van der Waals surface area contributed by atoms with Crippen molar-refractivity contribution in [2.24, 2.45) is 0 Å². The molecule has 2 rings (SSSR count). The minimum atomic E-state index is -0.906. The number of anilines is 1. The van der Waals surface area contributed by atoms with E-state index in [1.807, 2.05) is 11.4 Å². The zero-order chi connectivity index (χ0) is 11.4. The summed E-state index contributed by atoms with van der Waals surface area (Å²) in [7, 11) is 0. The van der Waals surface area contributed by atoms with Gasteiger partial charge in [0.15, 0.2) is 5.13 Å². The first-order valence-corrected chi connectivity index (χ1v) is 5.59. The molecule has 2 N–H and O–H groups in total. The molecule has 0 amide bonds. The number of hydrogen-bond donors (Lipinski definition) is 2. The molecule has 2 aromatic rings. The number of nitrogens with zero attached hydrogens (tertiary/aromatic N) is 1. The van der Waals surface area contributed by atoms with Crippen LogP contribution in [0.5, 0.6) is 0 Å². The summed E-state index contributed by atoms with van der Waals surface area (Å²) in [6.07, 6.45) is 1.72. The van der Waals surface area contributed by atoms with E-state index in [1.165, 1.54) is 11.3 Å². The Morgan fingerprint density at radius 2 is 2.38 bits per heavy atom. The van der Waals surface area contributed by atoms with E-state index in [0.717, 1.165) is 10.7 Å². The Morgan fingerprint density at radius 3 is 3.06 bits per heavy atom. The third-order valence-corrected chi connectivity index (χ3v) is 2.78. The maximum atomic E-state index is 10.8. The van der Waals surface area contributed by atoms with Gasteiger partial charge in [-0.25, -0.2) is 9.78 Å². The molecule has 1 heterocycles. The van der Waals surface area contributed by atoms with Gasteiger partial charge in [-0.3, -0.25) is 0 Å². The molecule has 82 valence electrons. The lowest BCUT2D eigenvalue weighted by Gasteiger charge is -2.03. The van der Waals surface area contributed by atoms with E-state index in [1.54, 1.807) is 24.4 Å². The molecule has 0 unspecified atom stereocenters. The molecule has 0 bridgehead atoms. The summed E-state index contributed by atoms with van der Waals surface area (Å²) < 4.78 is 0. The van der Waals surface area contributed by atoms with Gasteiger partial charge < -0.3 is 10.4 Å². The lowest BCUT2D eigenvalue weighted by atomic mass is 10.1. The highest BCUT2D eigenvalue weighted by atomic mass is 32.1. The molecule has 0 radical (unpaired) electrons. The molecule has 0 fully saturated rings. The molecule has 16 heavy (non-hydrogen) atoms. The first-order valence-electron chi connectivity index (χ1n) is 4.71. The lowest BCUT2D eigenvalue weighted by molar-refractivity contribution is 0.0697. The van der Waals surface area contributed by atoms with E-state index in [4.69, 9.17) is 5.11 Å². The number of hydrogen-bond acceptors (Lipinski definition) is 4. The van der Waals surface area contributed by atoms with Crippen LogP contribution in [0.15, 0.2) is 35.8 Å². The Balaban J connectivity index is 2.04. The van der Waals surface area contributed by atoms with E-state index in [9.17, 15) is 4.79 Å². The van der Waals surface area contributed by atoms with Crippen molar-refractivity contribution < 1.29 is 9.90 Å². The summed E-state index contributed by atoms with van der Waals surface area (Å²) >= 11 is 1.51. The van der Waals surface area contributed by atoms with Crippen molar-refractivity contribution in [3.05, 3.63) is 47.0 Å². The van der Waals surface area contributed by atoms with Gasteiger partial charge in [-0.15, -0.1) is 11.3 Å². The Morgan fingerprint density at radius 1 is 1.50 bits per heavy atom. The third-order valence-electron chi connectivity index (χ3n) is 2.05. The first kappa shape index (κ1) is 10.6. The van der Waals surface area contributed by atoms with Gasteiger partial charge in [-0.2, -0.15) is 0 Å².